The van der Waals surface area contributed by atoms with Crippen molar-refractivity contribution in [2.75, 3.05) is 16.4 Å². The first kappa shape index (κ1) is 25.1. The second-order valence-corrected chi connectivity index (χ2v) is 13.0. The fourth-order valence-corrected chi connectivity index (χ4v) is 8.56. The molecule has 0 aliphatic carbocycles. The third kappa shape index (κ3) is 5.57. The van der Waals surface area contributed by atoms with Gasteiger partial charge in [0.05, 0.1) is 29.7 Å². The topological polar surface area (TPSA) is 76.0 Å². The summed E-state index contributed by atoms with van der Waals surface area (Å²) in [6.45, 7) is 1.97. The van der Waals surface area contributed by atoms with Crippen LogP contribution in [0.1, 0.15) is 11.1 Å². The molecule has 36 heavy (non-hydrogen) atoms. The lowest BCUT2D eigenvalue weighted by Gasteiger charge is -2.27. The zero-order chi connectivity index (χ0) is 25.4. The van der Waals surface area contributed by atoms with Crippen molar-refractivity contribution >= 4 is 61.6 Å². The van der Waals surface area contributed by atoms with Gasteiger partial charge in [-0.3, -0.25) is 4.79 Å². The van der Waals surface area contributed by atoms with Crippen molar-refractivity contribution < 1.29 is 17.9 Å². The van der Waals surface area contributed by atoms with Crippen LogP contribution in [-0.4, -0.2) is 42.3 Å². The van der Waals surface area contributed by atoms with E-state index in [1.54, 1.807) is 47.4 Å². The molecule has 3 aromatic carbocycles. The molecular formula is C26H22Cl2N2O4S2. The minimum absolute atomic E-state index is 0.0257. The van der Waals surface area contributed by atoms with Crippen molar-refractivity contribution in [2.24, 2.45) is 4.99 Å². The second kappa shape index (κ2) is 10.1. The van der Waals surface area contributed by atoms with E-state index in [1.807, 2.05) is 31.2 Å². The Kier molecular flexibility index (Phi) is 7.05. The molecule has 0 unspecified atom stereocenters. The van der Waals surface area contributed by atoms with E-state index in [-0.39, 0.29) is 35.1 Å². The van der Waals surface area contributed by atoms with E-state index in [4.69, 9.17) is 27.9 Å². The number of sulfone groups is 1. The quantitative estimate of drug-likeness (QED) is 0.384. The van der Waals surface area contributed by atoms with E-state index in [0.29, 0.717) is 32.4 Å². The molecule has 2 heterocycles. The fraction of sp³-hybridized carbons (Fsp3) is 0.231. The van der Waals surface area contributed by atoms with Crippen molar-refractivity contribution in [2.45, 2.75) is 24.6 Å². The average molecular weight is 562 g/mol. The Labute approximate surface area is 224 Å². The third-order valence-electron chi connectivity index (χ3n) is 5.95. The van der Waals surface area contributed by atoms with Gasteiger partial charge in [0.2, 0.25) is 0 Å². The molecule has 2 aliphatic rings. The molecule has 2 fully saturated rings. The number of fused-ring (bicyclic) bond motifs is 1. The number of rotatable bonds is 5. The van der Waals surface area contributed by atoms with E-state index in [2.05, 4.69) is 4.99 Å². The van der Waals surface area contributed by atoms with Crippen LogP contribution < -0.4 is 9.64 Å². The number of ether oxygens (including phenoxy) is 1. The lowest BCUT2D eigenvalue weighted by molar-refractivity contribution is -0.117. The summed E-state index contributed by atoms with van der Waals surface area (Å²) in [7, 11) is -3.23. The summed E-state index contributed by atoms with van der Waals surface area (Å²) in [5.41, 5.74) is 2.40. The summed E-state index contributed by atoms with van der Waals surface area (Å²) in [4.78, 5) is 19.1. The summed E-state index contributed by atoms with van der Waals surface area (Å²) in [6, 6.07) is 19.4. The molecule has 186 valence electrons. The number of carbonyl (C=O) groups excluding carboxylic acids is 1. The Morgan fingerprint density at radius 1 is 1.06 bits per heavy atom. The van der Waals surface area contributed by atoms with Crippen LogP contribution in [0.3, 0.4) is 0 Å². The van der Waals surface area contributed by atoms with Crippen molar-refractivity contribution in [1.82, 2.24) is 0 Å². The minimum atomic E-state index is -3.23. The lowest BCUT2D eigenvalue weighted by atomic mass is 10.1. The fourth-order valence-electron chi connectivity index (χ4n) is 4.34. The Balaban J connectivity index is 1.52. The Hall–Kier alpha value is -2.52. The van der Waals surface area contributed by atoms with Gasteiger partial charge in [0.25, 0.3) is 5.91 Å². The molecule has 0 aromatic heterocycles. The van der Waals surface area contributed by atoms with Gasteiger partial charge in [0, 0.05) is 15.3 Å². The van der Waals surface area contributed by atoms with Gasteiger partial charge in [-0.2, -0.15) is 4.99 Å². The maximum Gasteiger partial charge on any atom is 0.252 e. The number of amides is 1. The van der Waals surface area contributed by atoms with Crippen LogP contribution in [0, 0.1) is 6.92 Å². The van der Waals surface area contributed by atoms with Gasteiger partial charge in [-0.25, -0.2) is 8.42 Å². The van der Waals surface area contributed by atoms with Crippen LogP contribution in [0.5, 0.6) is 11.5 Å². The maximum absolute atomic E-state index is 12.9. The van der Waals surface area contributed by atoms with Crippen molar-refractivity contribution in [3.05, 3.63) is 87.9 Å². The van der Waals surface area contributed by atoms with Crippen LogP contribution in [0.4, 0.5) is 5.69 Å². The summed E-state index contributed by atoms with van der Waals surface area (Å²) in [6.07, 6.45) is 0.102. The molecule has 1 amide bonds. The van der Waals surface area contributed by atoms with Gasteiger partial charge in [-0.05, 0) is 60.5 Å². The van der Waals surface area contributed by atoms with E-state index >= 15 is 0 Å². The van der Waals surface area contributed by atoms with E-state index < -0.39 is 9.84 Å². The number of hydrogen-bond donors (Lipinski definition) is 0. The van der Waals surface area contributed by atoms with Crippen LogP contribution in [-0.2, 0) is 21.1 Å². The van der Waals surface area contributed by atoms with Gasteiger partial charge in [-0.15, -0.1) is 0 Å². The number of amidine groups is 1. The molecule has 2 saturated heterocycles. The predicted molar refractivity (Wildman–Crippen MR) is 147 cm³/mol. The lowest BCUT2D eigenvalue weighted by Crippen LogP contribution is -2.38. The zero-order valence-corrected chi connectivity index (χ0v) is 22.4. The first-order valence-electron chi connectivity index (χ1n) is 11.2. The highest BCUT2D eigenvalue weighted by molar-refractivity contribution is 8.16. The smallest absolute Gasteiger partial charge is 0.252 e. The third-order valence-corrected chi connectivity index (χ3v) is 9.65. The molecule has 3 aromatic rings. The number of carbonyl (C=O) groups is 1. The molecule has 0 spiro atoms. The van der Waals surface area contributed by atoms with Crippen LogP contribution >= 0.6 is 35.0 Å². The first-order valence-corrected chi connectivity index (χ1v) is 14.7. The molecule has 0 bridgehead atoms. The number of anilines is 1. The Bertz CT molecular complexity index is 1460. The predicted octanol–water partition coefficient (Wildman–Crippen LogP) is 5.94. The number of benzene rings is 3. The van der Waals surface area contributed by atoms with Crippen LogP contribution in [0.25, 0.3) is 0 Å². The highest BCUT2D eigenvalue weighted by Crippen LogP contribution is 2.45. The number of halogens is 2. The van der Waals surface area contributed by atoms with E-state index in [1.165, 1.54) is 11.8 Å². The first-order chi connectivity index (χ1) is 17.2. The summed E-state index contributed by atoms with van der Waals surface area (Å²) < 4.78 is 31.2. The van der Waals surface area contributed by atoms with E-state index in [0.717, 1.165) is 11.1 Å². The number of nitrogens with zero attached hydrogens (tertiary/aromatic N) is 2. The van der Waals surface area contributed by atoms with Crippen molar-refractivity contribution in [3.63, 3.8) is 0 Å². The summed E-state index contributed by atoms with van der Waals surface area (Å²) >= 11 is 13.6. The van der Waals surface area contributed by atoms with Crippen LogP contribution in [0.2, 0.25) is 10.0 Å². The Morgan fingerprint density at radius 3 is 2.56 bits per heavy atom. The van der Waals surface area contributed by atoms with Crippen molar-refractivity contribution in [1.29, 1.82) is 0 Å². The largest absolute Gasteiger partial charge is 0.455 e. The number of aryl methyl sites for hydroxylation is 1. The normalized spacial score (nSPS) is 21.5. The number of thioether (sulfide) groups is 1. The average Bonchev–Trinajstić information content (AvgIpc) is 3.27. The SMILES string of the molecule is Cc1cccc(Oc2ccc(Cl)cc2N2C(=NC(=O)Cc3ccc(Cl)cc3)S[C@@H]3CS(=O)(=O)C[C@H]32)c1. The zero-order valence-electron chi connectivity index (χ0n) is 19.2. The second-order valence-electron chi connectivity index (χ2n) is 8.79. The highest BCUT2D eigenvalue weighted by atomic mass is 35.5. The highest BCUT2D eigenvalue weighted by Gasteiger charge is 2.50. The van der Waals surface area contributed by atoms with Gasteiger partial charge < -0.3 is 9.64 Å². The molecule has 10 heteroatoms. The molecule has 2 aliphatic heterocycles. The molecule has 0 N–H and O–H groups in total. The molecule has 6 nitrogen and oxygen atoms in total. The molecule has 0 radical (unpaired) electrons. The van der Waals surface area contributed by atoms with Crippen molar-refractivity contribution in [3.8, 4) is 11.5 Å². The van der Waals surface area contributed by atoms with E-state index in [9.17, 15) is 13.2 Å². The molecule has 0 saturated carbocycles. The minimum Gasteiger partial charge on any atom is -0.455 e. The number of hydrogen-bond acceptors (Lipinski definition) is 5. The Morgan fingerprint density at radius 2 is 1.81 bits per heavy atom. The van der Waals surface area contributed by atoms with Gasteiger partial charge in [0.15, 0.2) is 20.8 Å². The van der Waals surface area contributed by atoms with Gasteiger partial charge >= 0.3 is 0 Å². The van der Waals surface area contributed by atoms with Gasteiger partial charge in [0.1, 0.15) is 5.75 Å². The van der Waals surface area contributed by atoms with Crippen LogP contribution in [0.15, 0.2) is 71.7 Å². The standard InChI is InChI=1S/C26H22Cl2N2O4S2/c1-16-3-2-4-20(11-16)34-23-10-9-19(28)13-21(23)30-22-14-36(32,33)15-24(22)35-26(30)29-25(31)12-17-5-7-18(27)8-6-17/h2-11,13,22,24H,12,14-15H2,1H3/t22-,24-/m1/s1. The molecule has 5 rings (SSSR count). The van der Waals surface area contributed by atoms with Gasteiger partial charge in [-0.1, -0.05) is 59.2 Å². The summed E-state index contributed by atoms with van der Waals surface area (Å²) in [5.74, 6) is 0.783. The molecular weight excluding hydrogens is 539 g/mol. The summed E-state index contributed by atoms with van der Waals surface area (Å²) in [5, 5.41) is 1.24. The monoisotopic (exact) mass is 560 g/mol. The number of aliphatic imine (C=N–C) groups is 1. The maximum atomic E-state index is 12.9. The molecule has 2 atom stereocenters.